The lowest BCUT2D eigenvalue weighted by atomic mass is 10.2. The molecule has 0 saturated carbocycles. The standard InChI is InChI=1S/C19H20BrNO4/c1-12(2)25-19(23)14-5-7-15(8-6-14)21-18(22)11-24-17-9-4-13(3)10-16(17)20/h4-10,12H,11H2,1-3H3,(H,21,22). The highest BCUT2D eigenvalue weighted by atomic mass is 79.9. The van der Waals surface area contributed by atoms with Crippen LogP contribution >= 0.6 is 15.9 Å². The molecule has 2 rings (SSSR count). The Morgan fingerprint density at radius 3 is 2.40 bits per heavy atom. The number of aryl methyl sites for hydroxylation is 1. The summed E-state index contributed by atoms with van der Waals surface area (Å²) >= 11 is 3.40. The zero-order valence-electron chi connectivity index (χ0n) is 14.3. The van der Waals surface area contributed by atoms with Crippen LogP contribution in [0.3, 0.4) is 0 Å². The highest BCUT2D eigenvalue weighted by Gasteiger charge is 2.10. The Morgan fingerprint density at radius 2 is 1.80 bits per heavy atom. The van der Waals surface area contributed by atoms with Gasteiger partial charge in [-0.3, -0.25) is 4.79 Å². The lowest BCUT2D eigenvalue weighted by Crippen LogP contribution is -2.20. The van der Waals surface area contributed by atoms with E-state index in [9.17, 15) is 9.59 Å². The highest BCUT2D eigenvalue weighted by Crippen LogP contribution is 2.25. The average Bonchev–Trinajstić information content (AvgIpc) is 2.54. The quantitative estimate of drug-likeness (QED) is 0.725. The van der Waals surface area contributed by atoms with Gasteiger partial charge in [0.1, 0.15) is 5.75 Å². The SMILES string of the molecule is Cc1ccc(OCC(=O)Nc2ccc(C(=O)OC(C)C)cc2)c(Br)c1. The molecule has 0 fully saturated rings. The lowest BCUT2D eigenvalue weighted by molar-refractivity contribution is -0.118. The number of hydrogen-bond donors (Lipinski definition) is 1. The number of nitrogens with one attached hydrogen (secondary N) is 1. The van der Waals surface area contributed by atoms with Crippen LogP contribution in [0.2, 0.25) is 0 Å². The predicted octanol–water partition coefficient (Wildman–Crippen LogP) is 4.34. The van der Waals surface area contributed by atoms with Gasteiger partial charge in [0.05, 0.1) is 16.1 Å². The van der Waals surface area contributed by atoms with Gasteiger partial charge < -0.3 is 14.8 Å². The van der Waals surface area contributed by atoms with Crippen molar-refractivity contribution in [2.45, 2.75) is 26.9 Å². The molecule has 132 valence electrons. The molecule has 0 heterocycles. The van der Waals surface area contributed by atoms with Crippen LogP contribution in [-0.4, -0.2) is 24.6 Å². The molecule has 0 bridgehead atoms. The summed E-state index contributed by atoms with van der Waals surface area (Å²) in [7, 11) is 0. The van der Waals surface area contributed by atoms with Gasteiger partial charge in [0.25, 0.3) is 5.91 Å². The summed E-state index contributed by atoms with van der Waals surface area (Å²) < 4.78 is 11.4. The molecule has 1 amide bonds. The Hall–Kier alpha value is -2.34. The third kappa shape index (κ3) is 5.90. The molecule has 0 saturated heterocycles. The van der Waals surface area contributed by atoms with E-state index in [1.165, 1.54) is 0 Å². The van der Waals surface area contributed by atoms with Crippen LogP contribution in [0, 0.1) is 6.92 Å². The van der Waals surface area contributed by atoms with Crippen LogP contribution in [0.1, 0.15) is 29.8 Å². The van der Waals surface area contributed by atoms with E-state index in [0.29, 0.717) is 17.0 Å². The second kappa shape index (κ2) is 8.67. The van der Waals surface area contributed by atoms with Gasteiger partial charge in [-0.1, -0.05) is 6.07 Å². The van der Waals surface area contributed by atoms with Crippen LogP contribution in [0.5, 0.6) is 5.75 Å². The van der Waals surface area contributed by atoms with Gasteiger partial charge >= 0.3 is 5.97 Å². The molecule has 2 aromatic carbocycles. The molecule has 0 radical (unpaired) electrons. The van der Waals surface area contributed by atoms with E-state index in [0.717, 1.165) is 10.0 Å². The number of amides is 1. The summed E-state index contributed by atoms with van der Waals surface area (Å²) in [6, 6.07) is 12.2. The molecule has 0 aliphatic carbocycles. The summed E-state index contributed by atoms with van der Waals surface area (Å²) in [6.07, 6.45) is -0.176. The number of anilines is 1. The summed E-state index contributed by atoms with van der Waals surface area (Å²) in [6.45, 7) is 5.44. The number of halogens is 1. The Labute approximate surface area is 155 Å². The molecule has 25 heavy (non-hydrogen) atoms. The number of benzene rings is 2. The monoisotopic (exact) mass is 405 g/mol. The second-order valence-electron chi connectivity index (χ2n) is 5.80. The predicted molar refractivity (Wildman–Crippen MR) is 100.0 cm³/mol. The molecule has 0 atom stereocenters. The Bertz CT molecular complexity index is 757. The Morgan fingerprint density at radius 1 is 1.12 bits per heavy atom. The van der Waals surface area contributed by atoms with Gasteiger partial charge in [0.15, 0.2) is 6.61 Å². The Kier molecular flexibility index (Phi) is 6.58. The fourth-order valence-corrected chi connectivity index (χ4v) is 2.64. The molecule has 2 aromatic rings. The van der Waals surface area contributed by atoms with Gasteiger partial charge in [-0.2, -0.15) is 0 Å². The van der Waals surface area contributed by atoms with Gasteiger partial charge in [-0.15, -0.1) is 0 Å². The number of rotatable bonds is 6. The molecule has 0 aliphatic heterocycles. The molecular weight excluding hydrogens is 386 g/mol. The second-order valence-corrected chi connectivity index (χ2v) is 6.66. The molecule has 0 aromatic heterocycles. The van der Waals surface area contributed by atoms with Crippen LogP contribution in [0.25, 0.3) is 0 Å². The summed E-state index contributed by atoms with van der Waals surface area (Å²) in [5.41, 5.74) is 2.11. The van der Waals surface area contributed by atoms with E-state index in [1.54, 1.807) is 38.1 Å². The van der Waals surface area contributed by atoms with Crippen LogP contribution in [0.4, 0.5) is 5.69 Å². The van der Waals surface area contributed by atoms with Crippen LogP contribution < -0.4 is 10.1 Å². The molecular formula is C19H20BrNO4. The van der Waals surface area contributed by atoms with Crippen molar-refractivity contribution < 1.29 is 19.1 Å². The molecule has 0 aliphatic rings. The van der Waals surface area contributed by atoms with E-state index in [4.69, 9.17) is 9.47 Å². The smallest absolute Gasteiger partial charge is 0.338 e. The first-order chi connectivity index (χ1) is 11.8. The summed E-state index contributed by atoms with van der Waals surface area (Å²) in [4.78, 5) is 23.8. The third-order valence-electron chi connectivity index (χ3n) is 3.19. The van der Waals surface area contributed by atoms with Crippen molar-refractivity contribution in [3.05, 3.63) is 58.1 Å². The normalized spacial score (nSPS) is 10.4. The van der Waals surface area contributed by atoms with Crippen molar-refractivity contribution in [2.24, 2.45) is 0 Å². The van der Waals surface area contributed by atoms with Crippen LogP contribution in [-0.2, 0) is 9.53 Å². The first-order valence-electron chi connectivity index (χ1n) is 7.85. The van der Waals surface area contributed by atoms with Crippen molar-refractivity contribution in [3.63, 3.8) is 0 Å². The lowest BCUT2D eigenvalue weighted by Gasteiger charge is -2.10. The maximum atomic E-state index is 12.0. The zero-order valence-corrected chi connectivity index (χ0v) is 15.9. The van der Waals surface area contributed by atoms with E-state index in [2.05, 4.69) is 21.2 Å². The number of carbonyl (C=O) groups excluding carboxylic acids is 2. The third-order valence-corrected chi connectivity index (χ3v) is 3.81. The molecule has 1 N–H and O–H groups in total. The number of hydrogen-bond acceptors (Lipinski definition) is 4. The summed E-state index contributed by atoms with van der Waals surface area (Å²) in [5.74, 6) is -0.0714. The minimum Gasteiger partial charge on any atom is -0.483 e. The number of carbonyl (C=O) groups is 2. The van der Waals surface area contributed by atoms with Crippen molar-refractivity contribution in [1.82, 2.24) is 0 Å². The van der Waals surface area contributed by atoms with Crippen molar-refractivity contribution in [3.8, 4) is 5.75 Å². The van der Waals surface area contributed by atoms with E-state index >= 15 is 0 Å². The van der Waals surface area contributed by atoms with Gasteiger partial charge in [0, 0.05) is 5.69 Å². The molecule has 6 heteroatoms. The zero-order chi connectivity index (χ0) is 18.4. The first-order valence-corrected chi connectivity index (χ1v) is 8.64. The average molecular weight is 406 g/mol. The summed E-state index contributed by atoms with van der Waals surface area (Å²) in [5, 5.41) is 2.72. The Balaban J connectivity index is 1.89. The van der Waals surface area contributed by atoms with Gasteiger partial charge in [0.2, 0.25) is 0 Å². The van der Waals surface area contributed by atoms with Gasteiger partial charge in [-0.25, -0.2) is 4.79 Å². The maximum absolute atomic E-state index is 12.0. The molecule has 0 spiro atoms. The first kappa shape index (κ1) is 19.0. The minimum absolute atomic E-state index is 0.112. The minimum atomic E-state index is -0.388. The highest BCUT2D eigenvalue weighted by molar-refractivity contribution is 9.10. The van der Waals surface area contributed by atoms with E-state index in [-0.39, 0.29) is 24.6 Å². The topological polar surface area (TPSA) is 64.6 Å². The van der Waals surface area contributed by atoms with E-state index in [1.807, 2.05) is 25.1 Å². The molecule has 0 unspecified atom stereocenters. The molecule has 5 nitrogen and oxygen atoms in total. The van der Waals surface area contributed by atoms with Crippen molar-refractivity contribution in [2.75, 3.05) is 11.9 Å². The largest absolute Gasteiger partial charge is 0.483 e. The number of ether oxygens (including phenoxy) is 2. The maximum Gasteiger partial charge on any atom is 0.338 e. The number of esters is 1. The van der Waals surface area contributed by atoms with Crippen LogP contribution in [0.15, 0.2) is 46.9 Å². The van der Waals surface area contributed by atoms with E-state index < -0.39 is 0 Å². The van der Waals surface area contributed by atoms with Gasteiger partial charge in [-0.05, 0) is 78.7 Å². The van der Waals surface area contributed by atoms with Crippen molar-refractivity contribution >= 4 is 33.5 Å². The fraction of sp³-hybridized carbons (Fsp3) is 0.263. The fourth-order valence-electron chi connectivity index (χ4n) is 2.04. The van der Waals surface area contributed by atoms with Crippen molar-refractivity contribution in [1.29, 1.82) is 0 Å².